The van der Waals surface area contributed by atoms with E-state index >= 15 is 0 Å². The molecule has 1 heterocycles. The molecule has 2 aliphatic rings. The maximum absolute atomic E-state index is 12.2. The zero-order valence-corrected chi connectivity index (χ0v) is 15.4. The molecule has 142 valence electrons. The molecule has 0 radical (unpaired) electrons. The van der Waals surface area contributed by atoms with Gasteiger partial charge in [-0.2, -0.15) is 0 Å². The lowest BCUT2D eigenvalue weighted by molar-refractivity contribution is -0.118. The van der Waals surface area contributed by atoms with Crippen LogP contribution in [0.4, 0.5) is 5.69 Å². The smallest absolute Gasteiger partial charge is 0.262 e. The highest BCUT2D eigenvalue weighted by Gasteiger charge is 2.16. The Hall–Kier alpha value is -2.69. The van der Waals surface area contributed by atoms with Crippen molar-refractivity contribution in [3.63, 3.8) is 0 Å². The van der Waals surface area contributed by atoms with Gasteiger partial charge >= 0.3 is 0 Å². The second kappa shape index (κ2) is 8.33. The standard InChI is InChI=1S/C22H25NO4/c24-22(23-18-8-11-20-21(14-18)26-13-12-25-20)15-27-19-9-6-17(7-10-19)16-4-2-1-3-5-16/h6-11,14,16H,1-5,12-13,15H2,(H,23,24). The van der Waals surface area contributed by atoms with Crippen LogP contribution in [0.15, 0.2) is 42.5 Å². The summed E-state index contributed by atoms with van der Waals surface area (Å²) in [4.78, 5) is 12.2. The van der Waals surface area contributed by atoms with Gasteiger partial charge in [0.2, 0.25) is 0 Å². The molecule has 0 saturated heterocycles. The number of fused-ring (bicyclic) bond motifs is 1. The topological polar surface area (TPSA) is 56.8 Å². The SMILES string of the molecule is O=C(COc1ccc(C2CCCCC2)cc1)Nc1ccc2c(c1)OCCO2. The highest BCUT2D eigenvalue weighted by atomic mass is 16.6. The molecule has 0 atom stereocenters. The van der Waals surface area contributed by atoms with Gasteiger partial charge in [-0.15, -0.1) is 0 Å². The minimum Gasteiger partial charge on any atom is -0.486 e. The Morgan fingerprint density at radius 3 is 2.48 bits per heavy atom. The van der Waals surface area contributed by atoms with E-state index in [-0.39, 0.29) is 12.5 Å². The highest BCUT2D eigenvalue weighted by Crippen LogP contribution is 2.34. The molecule has 4 rings (SSSR count). The van der Waals surface area contributed by atoms with Gasteiger partial charge in [0.1, 0.15) is 19.0 Å². The number of carbonyl (C=O) groups is 1. The minimum atomic E-state index is -0.206. The molecular weight excluding hydrogens is 342 g/mol. The van der Waals surface area contributed by atoms with E-state index in [1.54, 1.807) is 18.2 Å². The van der Waals surface area contributed by atoms with E-state index in [9.17, 15) is 4.79 Å². The van der Waals surface area contributed by atoms with Crippen molar-refractivity contribution in [3.05, 3.63) is 48.0 Å². The van der Waals surface area contributed by atoms with Gasteiger partial charge in [0.05, 0.1) is 0 Å². The van der Waals surface area contributed by atoms with Gasteiger partial charge in [0.25, 0.3) is 5.91 Å². The summed E-state index contributed by atoms with van der Waals surface area (Å²) in [6.07, 6.45) is 6.55. The predicted molar refractivity (Wildman–Crippen MR) is 104 cm³/mol. The number of ether oxygens (including phenoxy) is 3. The normalized spacial score (nSPS) is 16.6. The molecule has 0 unspecified atom stereocenters. The lowest BCUT2D eigenvalue weighted by atomic mass is 9.84. The van der Waals surface area contributed by atoms with Crippen LogP contribution >= 0.6 is 0 Å². The van der Waals surface area contributed by atoms with Crippen molar-refractivity contribution in [2.45, 2.75) is 38.0 Å². The second-order valence-electron chi connectivity index (χ2n) is 7.10. The summed E-state index contributed by atoms with van der Waals surface area (Å²) in [6, 6.07) is 13.5. The Morgan fingerprint density at radius 1 is 0.963 bits per heavy atom. The van der Waals surface area contributed by atoms with Crippen molar-refractivity contribution in [1.29, 1.82) is 0 Å². The lowest BCUT2D eigenvalue weighted by Gasteiger charge is -2.22. The molecule has 0 spiro atoms. The summed E-state index contributed by atoms with van der Waals surface area (Å²) in [5.41, 5.74) is 2.04. The number of hydrogen-bond donors (Lipinski definition) is 1. The number of amides is 1. The van der Waals surface area contributed by atoms with E-state index in [0.29, 0.717) is 42.1 Å². The monoisotopic (exact) mass is 367 g/mol. The van der Waals surface area contributed by atoms with Gasteiger partial charge in [0, 0.05) is 11.8 Å². The van der Waals surface area contributed by atoms with E-state index in [1.165, 1.54) is 37.7 Å². The third-order valence-corrected chi connectivity index (χ3v) is 5.15. The summed E-state index contributed by atoms with van der Waals surface area (Å²) >= 11 is 0. The van der Waals surface area contributed by atoms with Crippen LogP contribution in [0.3, 0.4) is 0 Å². The predicted octanol–water partition coefficient (Wildman–Crippen LogP) is 4.52. The fourth-order valence-corrected chi connectivity index (χ4v) is 3.74. The zero-order chi connectivity index (χ0) is 18.5. The van der Waals surface area contributed by atoms with Crippen molar-refractivity contribution >= 4 is 11.6 Å². The van der Waals surface area contributed by atoms with Gasteiger partial charge in [0.15, 0.2) is 18.1 Å². The van der Waals surface area contributed by atoms with Crippen molar-refractivity contribution in [2.75, 3.05) is 25.1 Å². The molecule has 0 aromatic heterocycles. The van der Waals surface area contributed by atoms with Gasteiger partial charge in [-0.05, 0) is 48.6 Å². The Morgan fingerprint density at radius 2 is 1.70 bits per heavy atom. The summed E-state index contributed by atoms with van der Waals surface area (Å²) in [6.45, 7) is 1.04. The van der Waals surface area contributed by atoms with Crippen molar-refractivity contribution < 1.29 is 19.0 Å². The molecule has 27 heavy (non-hydrogen) atoms. The van der Waals surface area contributed by atoms with Crippen LogP contribution in [-0.2, 0) is 4.79 Å². The third-order valence-electron chi connectivity index (χ3n) is 5.15. The van der Waals surface area contributed by atoms with E-state index in [1.807, 2.05) is 12.1 Å². The molecule has 5 heteroatoms. The average Bonchev–Trinajstić information content (AvgIpc) is 2.73. The Balaban J connectivity index is 1.28. The van der Waals surface area contributed by atoms with Crippen LogP contribution in [0.5, 0.6) is 17.2 Å². The molecule has 1 N–H and O–H groups in total. The van der Waals surface area contributed by atoms with Crippen LogP contribution in [0.1, 0.15) is 43.6 Å². The van der Waals surface area contributed by atoms with Gasteiger partial charge in [-0.3, -0.25) is 4.79 Å². The second-order valence-corrected chi connectivity index (χ2v) is 7.10. The number of benzene rings is 2. The fraction of sp³-hybridized carbons (Fsp3) is 0.409. The van der Waals surface area contributed by atoms with Crippen LogP contribution in [0.25, 0.3) is 0 Å². The fourth-order valence-electron chi connectivity index (χ4n) is 3.74. The van der Waals surface area contributed by atoms with Crippen LogP contribution in [-0.4, -0.2) is 25.7 Å². The van der Waals surface area contributed by atoms with Crippen molar-refractivity contribution in [3.8, 4) is 17.2 Å². The van der Waals surface area contributed by atoms with E-state index in [0.717, 1.165) is 0 Å². The maximum atomic E-state index is 12.2. The molecule has 1 aliphatic heterocycles. The quantitative estimate of drug-likeness (QED) is 0.844. The zero-order valence-electron chi connectivity index (χ0n) is 15.4. The molecular formula is C22H25NO4. The number of rotatable bonds is 5. The molecule has 1 amide bonds. The molecule has 1 saturated carbocycles. The Bertz CT molecular complexity index is 781. The van der Waals surface area contributed by atoms with Crippen LogP contribution in [0, 0.1) is 0 Å². The molecule has 5 nitrogen and oxygen atoms in total. The lowest BCUT2D eigenvalue weighted by Crippen LogP contribution is -2.20. The van der Waals surface area contributed by atoms with Crippen LogP contribution < -0.4 is 19.5 Å². The van der Waals surface area contributed by atoms with E-state index in [2.05, 4.69) is 17.4 Å². The third kappa shape index (κ3) is 4.54. The average molecular weight is 367 g/mol. The molecule has 0 bridgehead atoms. The summed E-state index contributed by atoms with van der Waals surface area (Å²) in [7, 11) is 0. The van der Waals surface area contributed by atoms with Crippen molar-refractivity contribution in [1.82, 2.24) is 0 Å². The summed E-state index contributed by atoms with van der Waals surface area (Å²) < 4.78 is 16.6. The Labute approximate surface area is 159 Å². The van der Waals surface area contributed by atoms with Crippen molar-refractivity contribution in [2.24, 2.45) is 0 Å². The van der Waals surface area contributed by atoms with Gasteiger partial charge in [-0.1, -0.05) is 31.4 Å². The number of anilines is 1. The van der Waals surface area contributed by atoms with Gasteiger partial charge < -0.3 is 19.5 Å². The first kappa shape index (κ1) is 17.7. The number of carbonyl (C=O) groups excluding carboxylic acids is 1. The summed E-state index contributed by atoms with van der Waals surface area (Å²) in [5, 5.41) is 2.83. The largest absolute Gasteiger partial charge is 0.486 e. The number of nitrogens with one attached hydrogen (secondary N) is 1. The summed E-state index contributed by atoms with van der Waals surface area (Å²) in [5.74, 6) is 2.54. The first-order valence-corrected chi connectivity index (χ1v) is 9.70. The first-order valence-electron chi connectivity index (χ1n) is 9.70. The van der Waals surface area contributed by atoms with E-state index < -0.39 is 0 Å². The Kier molecular flexibility index (Phi) is 5.47. The molecule has 2 aromatic rings. The van der Waals surface area contributed by atoms with Gasteiger partial charge in [-0.25, -0.2) is 0 Å². The number of hydrogen-bond acceptors (Lipinski definition) is 4. The first-order chi connectivity index (χ1) is 13.3. The van der Waals surface area contributed by atoms with E-state index in [4.69, 9.17) is 14.2 Å². The van der Waals surface area contributed by atoms with Crippen LogP contribution in [0.2, 0.25) is 0 Å². The highest BCUT2D eigenvalue weighted by molar-refractivity contribution is 5.92. The molecule has 1 aliphatic carbocycles. The maximum Gasteiger partial charge on any atom is 0.262 e. The minimum absolute atomic E-state index is 0.0305. The molecule has 1 fully saturated rings. The molecule has 2 aromatic carbocycles.